The van der Waals surface area contributed by atoms with E-state index in [9.17, 15) is 40.3 Å². The molecule has 0 saturated carbocycles. The average Bonchev–Trinajstić information content (AvgIpc) is 3.02. The van der Waals surface area contributed by atoms with Crippen LogP contribution < -0.4 is 10.1 Å². The van der Waals surface area contributed by atoms with E-state index in [-0.39, 0.29) is 29.4 Å². The predicted octanol–water partition coefficient (Wildman–Crippen LogP) is 9.83. The quantitative estimate of drug-likeness (QED) is 0.149. The summed E-state index contributed by atoms with van der Waals surface area (Å²) in [6.07, 6.45) is -8.54. The van der Waals surface area contributed by atoms with Gasteiger partial charge in [0, 0.05) is 18.8 Å². The number of Topliss-reactive ketones (excluding diaryl/α,β-unsaturated/α-hetero) is 1. The molecule has 0 bridgehead atoms. The van der Waals surface area contributed by atoms with Gasteiger partial charge in [0.2, 0.25) is 0 Å². The summed E-state index contributed by atoms with van der Waals surface area (Å²) in [4.78, 5) is 34.5. The van der Waals surface area contributed by atoms with E-state index in [0.717, 1.165) is 22.8 Å². The number of nitrogens with one attached hydrogen (secondary N) is 1. The highest BCUT2D eigenvalue weighted by Crippen LogP contribution is 2.31. The molecule has 0 aliphatic heterocycles. The fourth-order valence-electron chi connectivity index (χ4n) is 3.81. The lowest BCUT2D eigenvalue weighted by Gasteiger charge is -2.10. The normalized spacial score (nSPS) is 12.7. The van der Waals surface area contributed by atoms with Gasteiger partial charge in [-0.3, -0.25) is 9.79 Å². The Bertz CT molecular complexity index is 1620. The van der Waals surface area contributed by atoms with Crippen molar-refractivity contribution in [3.8, 4) is 5.75 Å². The summed E-state index contributed by atoms with van der Waals surface area (Å²) in [7, 11) is 1.64. The number of hydrogen-bond donors (Lipinski definition) is 1. The summed E-state index contributed by atoms with van der Waals surface area (Å²) in [6.45, 7) is 9.73. The first-order chi connectivity index (χ1) is 23.2. The number of ketones is 1. The average molecular weight is 729 g/mol. The molecular formula is C35H39F7N4O3S. The van der Waals surface area contributed by atoms with Crippen LogP contribution in [0.5, 0.6) is 5.75 Å². The Morgan fingerprint density at radius 3 is 1.96 bits per heavy atom. The third kappa shape index (κ3) is 17.7. The number of carbonyl (C=O) groups is 2. The zero-order chi connectivity index (χ0) is 38.1. The van der Waals surface area contributed by atoms with Gasteiger partial charge in [0.25, 0.3) is 0 Å². The molecule has 1 unspecified atom stereocenters. The van der Waals surface area contributed by atoms with Crippen LogP contribution >= 0.6 is 11.8 Å². The molecule has 3 aromatic carbocycles. The molecular weight excluding hydrogens is 689 g/mol. The summed E-state index contributed by atoms with van der Waals surface area (Å²) in [5, 5.41) is 2.88. The Balaban J connectivity index is 0.000000429. The molecule has 0 spiro atoms. The number of amidine groups is 1. The first kappa shape index (κ1) is 43.5. The van der Waals surface area contributed by atoms with Crippen molar-refractivity contribution in [1.82, 2.24) is 5.32 Å². The standard InChI is InChI=1S/C18H23FN4O2S.C9H9F3.C8H7F3O/c1-5-21-17(20-4)15-8-6-14(7-9-15)16(19)10-22-18(25)23-13(3)26-11-12(2)24;1-6-3-4-8(7(2)5-6)9(10,11)12;1-6-2-4-7(5-3-6)12-8(9,10)11/h5-9,16H,10-11H2,1-4H3,(H,22,25);3-5H,1-2H3;2-5H,1H3/b20-17?,21-5?,23-13-;;. The first-order valence-corrected chi connectivity index (χ1v) is 15.9. The van der Waals surface area contributed by atoms with Crippen molar-refractivity contribution >= 4 is 40.7 Å². The van der Waals surface area contributed by atoms with Gasteiger partial charge in [-0.25, -0.2) is 14.2 Å². The second-order valence-corrected chi connectivity index (χ2v) is 11.7. The Morgan fingerprint density at radius 2 is 1.48 bits per heavy atom. The zero-order valence-electron chi connectivity index (χ0n) is 28.5. The lowest BCUT2D eigenvalue weighted by atomic mass is 10.1. The summed E-state index contributed by atoms with van der Waals surface area (Å²) >= 11 is 1.18. The van der Waals surface area contributed by atoms with Crippen LogP contribution in [0.1, 0.15) is 60.3 Å². The number of rotatable bonds is 7. The van der Waals surface area contributed by atoms with Crippen LogP contribution in [-0.4, -0.2) is 54.6 Å². The van der Waals surface area contributed by atoms with Crippen molar-refractivity contribution in [3.63, 3.8) is 0 Å². The van der Waals surface area contributed by atoms with Gasteiger partial charge in [0.15, 0.2) is 5.84 Å². The van der Waals surface area contributed by atoms with E-state index in [2.05, 4.69) is 25.0 Å². The highest BCUT2D eigenvalue weighted by Gasteiger charge is 2.32. The van der Waals surface area contributed by atoms with Crippen LogP contribution in [0.15, 0.2) is 81.7 Å². The van der Waals surface area contributed by atoms with Gasteiger partial charge >= 0.3 is 18.6 Å². The van der Waals surface area contributed by atoms with Gasteiger partial charge in [-0.05, 0) is 70.9 Å². The first-order valence-electron chi connectivity index (χ1n) is 14.9. The van der Waals surface area contributed by atoms with E-state index in [1.807, 2.05) is 0 Å². The molecule has 0 aromatic heterocycles. The molecule has 0 fully saturated rings. The topological polar surface area (TPSA) is 92.5 Å². The van der Waals surface area contributed by atoms with Crippen molar-refractivity contribution < 1.29 is 45.1 Å². The molecule has 272 valence electrons. The minimum absolute atomic E-state index is 0.00173. The van der Waals surface area contributed by atoms with Gasteiger partial charge in [0.05, 0.1) is 22.9 Å². The number of carbonyl (C=O) groups excluding carboxylic acids is 2. The fraction of sp³-hybridized carbons (Fsp3) is 0.343. The Hall–Kier alpha value is -4.53. The van der Waals surface area contributed by atoms with Gasteiger partial charge in [-0.15, -0.1) is 24.9 Å². The Kier molecular flexibility index (Phi) is 18.1. The third-order valence-electron chi connectivity index (χ3n) is 6.11. The van der Waals surface area contributed by atoms with E-state index in [0.29, 0.717) is 16.4 Å². The second-order valence-electron chi connectivity index (χ2n) is 10.5. The number of urea groups is 1. The molecule has 1 atom stereocenters. The Labute approximate surface area is 291 Å². The van der Waals surface area contributed by atoms with Gasteiger partial charge < -0.3 is 10.1 Å². The molecule has 0 heterocycles. The molecule has 0 radical (unpaired) electrons. The maximum atomic E-state index is 14.3. The maximum Gasteiger partial charge on any atom is 0.573 e. The summed E-state index contributed by atoms with van der Waals surface area (Å²) in [5.74, 6) is 0.633. The summed E-state index contributed by atoms with van der Waals surface area (Å²) in [6, 6.07) is 15.9. The highest BCUT2D eigenvalue weighted by molar-refractivity contribution is 8.14. The number of amides is 2. The van der Waals surface area contributed by atoms with E-state index < -0.39 is 30.3 Å². The number of halogens is 7. The minimum Gasteiger partial charge on any atom is -0.406 e. The molecule has 0 aliphatic carbocycles. The number of aliphatic imine (C=N–C) groups is 3. The molecule has 7 nitrogen and oxygen atoms in total. The highest BCUT2D eigenvalue weighted by atomic mass is 32.2. The number of benzene rings is 3. The number of nitrogens with zero attached hydrogens (tertiary/aromatic N) is 3. The van der Waals surface area contributed by atoms with Crippen molar-refractivity contribution in [2.75, 3.05) is 19.3 Å². The number of ether oxygens (including phenoxy) is 1. The number of thioether (sulfide) groups is 1. The van der Waals surface area contributed by atoms with Crippen LogP contribution in [0.3, 0.4) is 0 Å². The van der Waals surface area contributed by atoms with E-state index in [4.69, 9.17) is 0 Å². The molecule has 1 N–H and O–H groups in total. The Morgan fingerprint density at radius 1 is 0.900 bits per heavy atom. The van der Waals surface area contributed by atoms with Gasteiger partial charge in [-0.2, -0.15) is 18.2 Å². The largest absolute Gasteiger partial charge is 0.573 e. The number of hydrogen-bond acceptors (Lipinski definition) is 5. The maximum absolute atomic E-state index is 14.3. The lowest BCUT2D eigenvalue weighted by molar-refractivity contribution is -0.274. The zero-order valence-corrected chi connectivity index (χ0v) is 29.4. The smallest absolute Gasteiger partial charge is 0.406 e. The van der Waals surface area contributed by atoms with Crippen molar-refractivity contribution in [3.05, 3.63) is 100 Å². The molecule has 0 aliphatic rings. The van der Waals surface area contributed by atoms with Crippen molar-refractivity contribution in [1.29, 1.82) is 0 Å². The monoisotopic (exact) mass is 728 g/mol. The molecule has 15 heteroatoms. The molecule has 0 saturated heterocycles. The molecule has 50 heavy (non-hydrogen) atoms. The van der Waals surface area contributed by atoms with Crippen LogP contribution in [0, 0.1) is 20.8 Å². The summed E-state index contributed by atoms with van der Waals surface area (Å²) in [5.41, 5.74) is 2.70. The van der Waals surface area contributed by atoms with Gasteiger partial charge in [0.1, 0.15) is 17.7 Å². The van der Waals surface area contributed by atoms with Crippen LogP contribution in [0.4, 0.5) is 35.5 Å². The van der Waals surface area contributed by atoms with E-state index in [1.54, 1.807) is 77.4 Å². The molecule has 3 aromatic rings. The lowest BCUT2D eigenvalue weighted by Crippen LogP contribution is -2.24. The number of aryl methyl sites for hydroxylation is 3. The van der Waals surface area contributed by atoms with Crippen molar-refractivity contribution in [2.45, 2.75) is 60.3 Å². The predicted molar refractivity (Wildman–Crippen MR) is 185 cm³/mol. The molecule has 3 rings (SSSR count). The third-order valence-corrected chi connectivity index (χ3v) is 7.17. The van der Waals surface area contributed by atoms with Crippen LogP contribution in [0.2, 0.25) is 0 Å². The SMILES string of the molecule is CC=NC(=NC)c1ccc(C(F)CNC(=O)/N=C(/C)SCC(C)=O)cc1.Cc1ccc(C(F)(F)F)c(C)c1.Cc1ccc(OC(F)(F)F)cc1. The number of alkyl halides is 7. The molecule has 2 amide bonds. The minimum atomic E-state index is -4.60. The van der Waals surface area contributed by atoms with Crippen molar-refractivity contribution in [2.24, 2.45) is 15.0 Å². The van der Waals surface area contributed by atoms with Gasteiger partial charge in [-0.1, -0.05) is 59.7 Å². The fourth-order valence-corrected chi connectivity index (χ4v) is 4.37. The second kappa shape index (κ2) is 20.9. The van der Waals surface area contributed by atoms with E-state index in [1.165, 1.54) is 49.9 Å². The van der Waals surface area contributed by atoms with Crippen LogP contribution in [-0.2, 0) is 11.0 Å². The van der Waals surface area contributed by atoms with Crippen LogP contribution in [0.25, 0.3) is 0 Å². The summed E-state index contributed by atoms with van der Waals surface area (Å²) < 4.78 is 89.3. The van der Waals surface area contributed by atoms with E-state index >= 15 is 0 Å².